The van der Waals surface area contributed by atoms with Crippen LogP contribution in [0.15, 0.2) is 53.5 Å². The third-order valence-corrected chi connectivity index (χ3v) is 5.24. The van der Waals surface area contributed by atoms with Crippen LogP contribution in [0.3, 0.4) is 0 Å². The molecular weight excluding hydrogens is 366 g/mol. The van der Waals surface area contributed by atoms with Crippen molar-refractivity contribution in [2.75, 3.05) is 13.7 Å². The smallest absolute Gasteiger partial charge is 0.251 e. The van der Waals surface area contributed by atoms with Crippen LogP contribution in [-0.2, 0) is 17.6 Å². The first-order valence-corrected chi connectivity index (χ1v) is 9.58. The first kappa shape index (κ1) is 18.8. The van der Waals surface area contributed by atoms with Gasteiger partial charge in [0.1, 0.15) is 5.75 Å². The highest BCUT2D eigenvalue weighted by Crippen LogP contribution is 2.25. The number of hydrogen-bond acceptors (Lipinski definition) is 3. The first-order valence-electron chi connectivity index (χ1n) is 9.58. The fourth-order valence-corrected chi connectivity index (χ4v) is 3.66. The van der Waals surface area contributed by atoms with Crippen LogP contribution in [0.2, 0.25) is 0 Å². The van der Waals surface area contributed by atoms with Gasteiger partial charge in [-0.05, 0) is 42.7 Å². The van der Waals surface area contributed by atoms with Crippen LogP contribution in [-0.4, -0.2) is 29.5 Å². The molecule has 2 aromatic heterocycles. The molecule has 2 aromatic carbocycles. The quantitative estimate of drug-likeness (QED) is 0.473. The van der Waals surface area contributed by atoms with Gasteiger partial charge in [-0.25, -0.2) is 0 Å². The molecule has 0 fully saturated rings. The molecule has 3 N–H and O–H groups in total. The number of nitrogens with one attached hydrogen (secondary N) is 3. The number of carbonyl (C=O) groups is 1. The van der Waals surface area contributed by atoms with E-state index in [4.69, 9.17) is 4.74 Å². The van der Waals surface area contributed by atoms with E-state index in [0.29, 0.717) is 36.2 Å². The monoisotopic (exact) mass is 389 g/mol. The molecular formula is C23H23N3O3. The molecule has 29 heavy (non-hydrogen) atoms. The largest absolute Gasteiger partial charge is 0.495 e. The van der Waals surface area contributed by atoms with E-state index in [-0.39, 0.29) is 11.5 Å². The van der Waals surface area contributed by atoms with Gasteiger partial charge in [0, 0.05) is 34.6 Å². The predicted molar refractivity (Wildman–Crippen MR) is 115 cm³/mol. The highest BCUT2D eigenvalue weighted by atomic mass is 16.5. The molecule has 0 bridgehead atoms. The van der Waals surface area contributed by atoms with Crippen molar-refractivity contribution < 1.29 is 9.53 Å². The zero-order chi connectivity index (χ0) is 20.4. The zero-order valence-corrected chi connectivity index (χ0v) is 16.5. The molecule has 148 valence electrons. The summed E-state index contributed by atoms with van der Waals surface area (Å²) in [5, 5.41) is 4.92. The molecule has 0 aliphatic carbocycles. The van der Waals surface area contributed by atoms with Crippen molar-refractivity contribution in [3.05, 3.63) is 75.7 Å². The Labute approximate surface area is 167 Å². The van der Waals surface area contributed by atoms with E-state index in [1.807, 2.05) is 55.6 Å². The fourth-order valence-electron chi connectivity index (χ4n) is 3.66. The van der Waals surface area contributed by atoms with Gasteiger partial charge < -0.3 is 20.0 Å². The van der Waals surface area contributed by atoms with Crippen molar-refractivity contribution in [1.82, 2.24) is 15.3 Å². The van der Waals surface area contributed by atoms with Crippen molar-refractivity contribution >= 4 is 27.7 Å². The number of fused-ring (bicyclic) bond motifs is 2. The van der Waals surface area contributed by atoms with Gasteiger partial charge in [0.15, 0.2) is 0 Å². The van der Waals surface area contributed by atoms with Crippen molar-refractivity contribution in [3.8, 4) is 5.75 Å². The molecule has 6 nitrogen and oxygen atoms in total. The summed E-state index contributed by atoms with van der Waals surface area (Å²) < 4.78 is 5.34. The number of aromatic amines is 2. The minimum atomic E-state index is -0.160. The Bertz CT molecular complexity index is 1250. The summed E-state index contributed by atoms with van der Waals surface area (Å²) in [5.41, 5.74) is 4.22. The van der Waals surface area contributed by atoms with Gasteiger partial charge in [-0.1, -0.05) is 24.3 Å². The fraction of sp³-hybridized carbons (Fsp3) is 0.217. The molecule has 4 rings (SSSR count). The SMILES string of the molecule is COc1ccc(C)c2cc(CCNC(=O)Cc3c[nH]c4ccccc34)c(=O)[nH]c12. The van der Waals surface area contributed by atoms with E-state index in [2.05, 4.69) is 15.3 Å². The Morgan fingerprint density at radius 1 is 1.10 bits per heavy atom. The molecule has 0 spiro atoms. The van der Waals surface area contributed by atoms with Crippen LogP contribution < -0.4 is 15.6 Å². The van der Waals surface area contributed by atoms with Crippen LogP contribution in [0.25, 0.3) is 21.8 Å². The third-order valence-electron chi connectivity index (χ3n) is 5.24. The lowest BCUT2D eigenvalue weighted by atomic mass is 10.1. The Kier molecular flexibility index (Phi) is 5.08. The average Bonchev–Trinajstić information content (AvgIpc) is 3.12. The van der Waals surface area contributed by atoms with Gasteiger partial charge in [-0.15, -0.1) is 0 Å². The number of H-pyrrole nitrogens is 2. The maximum absolute atomic E-state index is 12.5. The number of rotatable bonds is 6. The van der Waals surface area contributed by atoms with Gasteiger partial charge in [0.25, 0.3) is 5.56 Å². The van der Waals surface area contributed by atoms with Crippen molar-refractivity contribution in [2.45, 2.75) is 19.8 Å². The number of aryl methyl sites for hydroxylation is 1. The number of pyridine rings is 1. The van der Waals surface area contributed by atoms with Crippen molar-refractivity contribution in [2.24, 2.45) is 0 Å². The molecule has 0 aliphatic heterocycles. The maximum Gasteiger partial charge on any atom is 0.251 e. The second kappa shape index (κ2) is 7.83. The van der Waals surface area contributed by atoms with Gasteiger partial charge >= 0.3 is 0 Å². The lowest BCUT2D eigenvalue weighted by Crippen LogP contribution is -2.28. The van der Waals surface area contributed by atoms with Crippen LogP contribution in [0.5, 0.6) is 5.75 Å². The first-order chi connectivity index (χ1) is 14.1. The van der Waals surface area contributed by atoms with E-state index in [1.165, 1.54) is 0 Å². The number of carbonyl (C=O) groups excluding carboxylic acids is 1. The third kappa shape index (κ3) is 3.74. The van der Waals surface area contributed by atoms with Crippen LogP contribution in [0.1, 0.15) is 16.7 Å². The normalized spacial score (nSPS) is 11.1. The van der Waals surface area contributed by atoms with E-state index in [1.54, 1.807) is 7.11 Å². The highest BCUT2D eigenvalue weighted by molar-refractivity contribution is 5.89. The number of ether oxygens (including phenoxy) is 1. The Balaban J connectivity index is 1.44. The summed E-state index contributed by atoms with van der Waals surface area (Å²) in [6.45, 7) is 2.39. The number of methoxy groups -OCH3 is 1. The second-order valence-corrected chi connectivity index (χ2v) is 7.13. The number of benzene rings is 2. The predicted octanol–water partition coefficient (Wildman–Crippen LogP) is 3.23. The summed E-state index contributed by atoms with van der Waals surface area (Å²) in [6.07, 6.45) is 2.63. The topological polar surface area (TPSA) is 87.0 Å². The second-order valence-electron chi connectivity index (χ2n) is 7.13. The van der Waals surface area contributed by atoms with E-state index < -0.39 is 0 Å². The number of hydrogen-bond donors (Lipinski definition) is 3. The Morgan fingerprint density at radius 2 is 1.93 bits per heavy atom. The Morgan fingerprint density at radius 3 is 2.76 bits per heavy atom. The molecule has 0 atom stereocenters. The Hall–Kier alpha value is -3.54. The molecule has 4 aromatic rings. The maximum atomic E-state index is 12.5. The van der Waals surface area contributed by atoms with Gasteiger partial charge in [-0.2, -0.15) is 0 Å². The minimum absolute atomic E-state index is 0.0650. The molecule has 0 saturated carbocycles. The van der Waals surface area contributed by atoms with Crippen molar-refractivity contribution in [3.63, 3.8) is 0 Å². The lowest BCUT2D eigenvalue weighted by molar-refractivity contribution is -0.120. The summed E-state index contributed by atoms with van der Waals surface area (Å²) in [4.78, 5) is 30.9. The van der Waals surface area contributed by atoms with Gasteiger partial charge in [-0.3, -0.25) is 9.59 Å². The molecule has 1 amide bonds. The molecule has 2 heterocycles. The lowest BCUT2D eigenvalue weighted by Gasteiger charge is -2.10. The standard InChI is InChI=1S/C23H23N3O3/c1-14-7-8-20(29-2)22-18(14)11-15(23(28)26-22)9-10-24-21(27)12-16-13-25-19-6-4-3-5-17(16)19/h3-8,11,13,25H,9-10,12H2,1-2H3,(H,24,27)(H,26,28). The number of amides is 1. The molecule has 0 radical (unpaired) electrons. The molecule has 6 heteroatoms. The van der Waals surface area contributed by atoms with Gasteiger partial charge in [0.05, 0.1) is 19.0 Å². The van der Waals surface area contributed by atoms with Gasteiger partial charge in [0.2, 0.25) is 5.91 Å². The summed E-state index contributed by atoms with van der Waals surface area (Å²) in [7, 11) is 1.58. The van der Waals surface area contributed by atoms with Crippen LogP contribution in [0, 0.1) is 6.92 Å². The highest BCUT2D eigenvalue weighted by Gasteiger charge is 2.11. The average molecular weight is 389 g/mol. The van der Waals surface area contributed by atoms with Crippen LogP contribution in [0.4, 0.5) is 0 Å². The van der Waals surface area contributed by atoms with E-state index in [0.717, 1.165) is 27.4 Å². The van der Waals surface area contributed by atoms with Crippen LogP contribution >= 0.6 is 0 Å². The summed E-state index contributed by atoms with van der Waals surface area (Å²) in [6, 6.07) is 13.6. The zero-order valence-electron chi connectivity index (χ0n) is 16.5. The summed E-state index contributed by atoms with van der Waals surface area (Å²) >= 11 is 0. The number of para-hydroxylation sites is 1. The molecule has 0 saturated heterocycles. The van der Waals surface area contributed by atoms with Crippen molar-refractivity contribution in [1.29, 1.82) is 0 Å². The van der Waals surface area contributed by atoms with E-state index in [9.17, 15) is 9.59 Å². The number of aromatic nitrogens is 2. The molecule has 0 aliphatic rings. The summed E-state index contributed by atoms with van der Waals surface area (Å²) in [5.74, 6) is 0.575. The minimum Gasteiger partial charge on any atom is -0.495 e. The molecule has 0 unspecified atom stereocenters. The van der Waals surface area contributed by atoms with E-state index >= 15 is 0 Å².